The number of ether oxygens (including phenoxy) is 1. The number of oxazole rings is 1. The minimum Gasteiger partial charge on any atom is -0.451 e. The van der Waals surface area contributed by atoms with Crippen molar-refractivity contribution in [1.29, 1.82) is 0 Å². The van der Waals surface area contributed by atoms with E-state index in [1.165, 1.54) is 12.0 Å². The fourth-order valence-electron chi connectivity index (χ4n) is 3.55. The number of carbonyl (C=O) groups excluding carboxylic acids is 2. The number of alkyl halides is 2. The Labute approximate surface area is 137 Å². The van der Waals surface area contributed by atoms with Crippen molar-refractivity contribution < 1.29 is 27.5 Å². The van der Waals surface area contributed by atoms with Crippen LogP contribution < -0.4 is 0 Å². The van der Waals surface area contributed by atoms with Crippen LogP contribution in [-0.4, -0.2) is 72.4 Å². The monoisotopic (exact) mass is 343 g/mol. The fourth-order valence-corrected chi connectivity index (χ4v) is 3.55. The Morgan fingerprint density at radius 1 is 1.46 bits per heavy atom. The lowest BCUT2D eigenvalue weighted by atomic mass is 9.77. The first-order valence-electron chi connectivity index (χ1n) is 7.70. The second-order valence-corrected chi connectivity index (χ2v) is 6.38. The second kappa shape index (κ2) is 6.12. The molecule has 3 heterocycles. The molecule has 0 aromatic carbocycles. The fraction of sp³-hybridized carbons (Fsp3) is 0.667. The molecule has 2 saturated heterocycles. The number of halogens is 2. The van der Waals surface area contributed by atoms with E-state index in [9.17, 15) is 18.4 Å². The van der Waals surface area contributed by atoms with Gasteiger partial charge in [-0.25, -0.2) is 13.8 Å². The molecule has 1 aromatic heterocycles. The molecule has 1 atom stereocenters. The van der Waals surface area contributed by atoms with Crippen molar-refractivity contribution in [3.05, 3.63) is 18.4 Å². The Kier molecular flexibility index (Phi) is 4.29. The third-order valence-corrected chi connectivity index (χ3v) is 4.62. The van der Waals surface area contributed by atoms with E-state index < -0.39 is 30.2 Å². The van der Waals surface area contributed by atoms with Crippen molar-refractivity contribution in [2.45, 2.75) is 18.8 Å². The molecular formula is C15H19F2N3O4. The molecule has 0 N–H and O–H groups in total. The first-order chi connectivity index (χ1) is 11.4. The summed E-state index contributed by atoms with van der Waals surface area (Å²) in [6.45, 7) is 0.354. The van der Waals surface area contributed by atoms with Crippen LogP contribution in [0.1, 0.15) is 23.3 Å². The average molecular weight is 343 g/mol. The molecule has 0 unspecified atom stereocenters. The Morgan fingerprint density at radius 2 is 2.25 bits per heavy atom. The zero-order valence-electron chi connectivity index (χ0n) is 13.3. The van der Waals surface area contributed by atoms with Crippen LogP contribution in [0.15, 0.2) is 17.1 Å². The van der Waals surface area contributed by atoms with Gasteiger partial charge in [-0.15, -0.1) is 0 Å². The number of methoxy groups -OCH3 is 1. The molecule has 24 heavy (non-hydrogen) atoms. The van der Waals surface area contributed by atoms with E-state index >= 15 is 0 Å². The first-order valence-corrected chi connectivity index (χ1v) is 7.70. The Bertz CT molecular complexity index is 622. The van der Waals surface area contributed by atoms with E-state index in [2.05, 4.69) is 4.98 Å². The van der Waals surface area contributed by atoms with Crippen LogP contribution in [0.25, 0.3) is 0 Å². The van der Waals surface area contributed by atoms with Crippen LogP contribution in [0.3, 0.4) is 0 Å². The average Bonchev–Trinajstić information content (AvgIpc) is 3.14. The van der Waals surface area contributed by atoms with E-state index in [0.29, 0.717) is 26.1 Å². The molecule has 2 fully saturated rings. The lowest BCUT2D eigenvalue weighted by Gasteiger charge is -2.42. The molecule has 2 aliphatic heterocycles. The summed E-state index contributed by atoms with van der Waals surface area (Å²) >= 11 is 0. The second-order valence-electron chi connectivity index (χ2n) is 6.38. The van der Waals surface area contributed by atoms with E-state index in [1.807, 2.05) is 0 Å². The number of rotatable bonds is 4. The summed E-state index contributed by atoms with van der Waals surface area (Å²) in [6, 6.07) is 0. The van der Waals surface area contributed by atoms with Gasteiger partial charge in [-0.1, -0.05) is 0 Å². The van der Waals surface area contributed by atoms with E-state index in [4.69, 9.17) is 9.15 Å². The third kappa shape index (κ3) is 3.00. The molecule has 1 aromatic rings. The molecular weight excluding hydrogens is 324 g/mol. The van der Waals surface area contributed by atoms with Crippen LogP contribution in [0, 0.1) is 5.41 Å². The quantitative estimate of drug-likeness (QED) is 0.816. The number of carbonyl (C=O) groups is 2. The molecule has 0 aliphatic carbocycles. The van der Waals surface area contributed by atoms with Gasteiger partial charge in [0.1, 0.15) is 6.26 Å². The van der Waals surface area contributed by atoms with Gasteiger partial charge in [-0.3, -0.25) is 9.59 Å². The predicted octanol–water partition coefficient (Wildman–Crippen LogP) is 1.02. The highest BCUT2D eigenvalue weighted by Gasteiger charge is 2.57. The van der Waals surface area contributed by atoms with Crippen molar-refractivity contribution in [2.24, 2.45) is 5.41 Å². The SMILES string of the molecule is COCCN1CC[C@]2(CN(C(=O)c3cocn3)CC(F)(F)C2)C1=O. The van der Waals surface area contributed by atoms with Gasteiger partial charge in [0.05, 0.1) is 18.6 Å². The number of nitrogens with zero attached hydrogens (tertiary/aromatic N) is 3. The maximum absolute atomic E-state index is 14.3. The Morgan fingerprint density at radius 3 is 2.92 bits per heavy atom. The molecule has 132 valence electrons. The largest absolute Gasteiger partial charge is 0.451 e. The zero-order valence-corrected chi connectivity index (χ0v) is 13.3. The third-order valence-electron chi connectivity index (χ3n) is 4.62. The van der Waals surface area contributed by atoms with Crippen molar-refractivity contribution in [1.82, 2.24) is 14.8 Å². The molecule has 9 heteroatoms. The van der Waals surface area contributed by atoms with Gasteiger partial charge < -0.3 is 19.0 Å². The number of aromatic nitrogens is 1. The highest BCUT2D eigenvalue weighted by atomic mass is 19.3. The highest BCUT2D eigenvalue weighted by molar-refractivity contribution is 5.93. The predicted molar refractivity (Wildman–Crippen MR) is 77.5 cm³/mol. The van der Waals surface area contributed by atoms with Gasteiger partial charge in [0.2, 0.25) is 5.91 Å². The Balaban J connectivity index is 1.81. The molecule has 7 nitrogen and oxygen atoms in total. The number of hydrogen-bond donors (Lipinski definition) is 0. The number of hydrogen-bond acceptors (Lipinski definition) is 5. The van der Waals surface area contributed by atoms with E-state index in [1.54, 1.807) is 0 Å². The van der Waals surface area contributed by atoms with E-state index in [0.717, 1.165) is 17.6 Å². The number of amides is 2. The van der Waals surface area contributed by atoms with Gasteiger partial charge in [-0.05, 0) is 6.42 Å². The molecule has 3 rings (SSSR count). The van der Waals surface area contributed by atoms with Gasteiger partial charge in [0, 0.05) is 33.2 Å². The summed E-state index contributed by atoms with van der Waals surface area (Å²) in [5.74, 6) is -4.10. The Hall–Kier alpha value is -2.03. The van der Waals surface area contributed by atoms with Gasteiger partial charge >= 0.3 is 0 Å². The molecule has 0 saturated carbocycles. The molecule has 2 aliphatic rings. The standard InChI is InChI=1S/C15H19F2N3O4/c1-23-5-4-19-3-2-14(13(19)22)7-15(16,17)9-20(8-14)12(21)11-6-24-10-18-11/h6,10H,2-5,7-9H2,1H3/t14-/m0/s1. The summed E-state index contributed by atoms with van der Waals surface area (Å²) in [5, 5.41) is 0. The first kappa shape index (κ1) is 16.8. The highest BCUT2D eigenvalue weighted by Crippen LogP contribution is 2.45. The van der Waals surface area contributed by atoms with Crippen molar-refractivity contribution in [2.75, 3.05) is 39.9 Å². The van der Waals surface area contributed by atoms with Gasteiger partial charge in [-0.2, -0.15) is 0 Å². The smallest absolute Gasteiger partial charge is 0.276 e. The van der Waals surface area contributed by atoms with Crippen LogP contribution >= 0.6 is 0 Å². The minimum atomic E-state index is -3.12. The lowest BCUT2D eigenvalue weighted by molar-refractivity contribution is -0.151. The molecule has 1 spiro atoms. The summed E-state index contributed by atoms with van der Waals surface area (Å²) in [7, 11) is 1.52. The summed E-state index contributed by atoms with van der Waals surface area (Å²) in [4.78, 5) is 31.3. The van der Waals surface area contributed by atoms with Crippen LogP contribution in [0.2, 0.25) is 0 Å². The van der Waals surface area contributed by atoms with Crippen LogP contribution in [0.4, 0.5) is 8.78 Å². The van der Waals surface area contributed by atoms with Crippen molar-refractivity contribution in [3.63, 3.8) is 0 Å². The molecule has 0 bridgehead atoms. The zero-order chi connectivity index (χ0) is 17.4. The van der Waals surface area contributed by atoms with Crippen LogP contribution in [0.5, 0.6) is 0 Å². The molecule has 2 amide bonds. The lowest BCUT2D eigenvalue weighted by Crippen LogP contribution is -2.57. The van der Waals surface area contributed by atoms with Crippen LogP contribution in [-0.2, 0) is 9.53 Å². The molecule has 0 radical (unpaired) electrons. The van der Waals surface area contributed by atoms with Gasteiger partial charge in [0.15, 0.2) is 12.1 Å². The summed E-state index contributed by atoms with van der Waals surface area (Å²) < 4.78 is 38.2. The summed E-state index contributed by atoms with van der Waals surface area (Å²) in [6.07, 6.45) is 1.94. The summed E-state index contributed by atoms with van der Waals surface area (Å²) in [5.41, 5.74) is -1.28. The maximum atomic E-state index is 14.3. The van der Waals surface area contributed by atoms with Crippen molar-refractivity contribution >= 4 is 11.8 Å². The topological polar surface area (TPSA) is 75.9 Å². The number of likely N-dealkylation sites (tertiary alicyclic amines) is 2. The van der Waals surface area contributed by atoms with Crippen molar-refractivity contribution in [3.8, 4) is 0 Å². The maximum Gasteiger partial charge on any atom is 0.276 e. The normalized spacial score (nSPS) is 26.4. The minimum absolute atomic E-state index is 0.0312. The number of piperidine rings is 1. The van der Waals surface area contributed by atoms with Gasteiger partial charge in [0.25, 0.3) is 11.8 Å². The van der Waals surface area contributed by atoms with E-state index in [-0.39, 0.29) is 18.1 Å².